The molecule has 0 aliphatic rings. The highest BCUT2D eigenvalue weighted by atomic mass is 32.2. The minimum absolute atomic E-state index is 0.137. The van der Waals surface area contributed by atoms with Gasteiger partial charge in [-0.05, 0) is 49.4 Å². The molecule has 0 spiro atoms. The number of aromatic hydroxyl groups is 1. The quantitative estimate of drug-likeness (QED) is 0.822. The van der Waals surface area contributed by atoms with E-state index in [9.17, 15) is 14.7 Å². The molecular formula is C16H14O5S. The molecule has 6 heteroatoms. The van der Waals surface area contributed by atoms with Crippen molar-refractivity contribution in [2.24, 2.45) is 0 Å². The molecule has 2 aromatic carbocycles. The molecule has 0 saturated carbocycles. The fourth-order valence-electron chi connectivity index (χ4n) is 1.77. The number of carboxylic acid groups (broad SMARTS) is 1. The molecule has 0 saturated heterocycles. The molecule has 22 heavy (non-hydrogen) atoms. The second kappa shape index (κ2) is 7.00. The first-order valence-electron chi connectivity index (χ1n) is 6.52. The van der Waals surface area contributed by atoms with Crippen molar-refractivity contribution in [3.63, 3.8) is 0 Å². The fraction of sp³-hybridized carbons (Fsp3) is 0.125. The minimum Gasteiger partial charge on any atom is -0.507 e. The van der Waals surface area contributed by atoms with Crippen LogP contribution in [-0.4, -0.2) is 28.8 Å². The van der Waals surface area contributed by atoms with Gasteiger partial charge in [0, 0.05) is 9.79 Å². The highest BCUT2D eigenvalue weighted by Gasteiger charge is 2.11. The summed E-state index contributed by atoms with van der Waals surface area (Å²) < 4.78 is 4.90. The van der Waals surface area contributed by atoms with E-state index < -0.39 is 5.97 Å². The second-order valence-electron chi connectivity index (χ2n) is 4.33. The Hall–Kier alpha value is -2.47. The number of benzene rings is 2. The van der Waals surface area contributed by atoms with Crippen LogP contribution in [0.3, 0.4) is 0 Å². The third-order valence-corrected chi connectivity index (χ3v) is 3.80. The van der Waals surface area contributed by atoms with E-state index in [2.05, 4.69) is 0 Å². The lowest BCUT2D eigenvalue weighted by molar-refractivity contribution is 0.0525. The minimum atomic E-state index is -1.17. The first kappa shape index (κ1) is 15.9. The molecule has 0 radical (unpaired) electrons. The van der Waals surface area contributed by atoms with Gasteiger partial charge < -0.3 is 14.9 Å². The summed E-state index contributed by atoms with van der Waals surface area (Å²) in [5.74, 6) is -1.82. The van der Waals surface area contributed by atoms with Gasteiger partial charge in [-0.15, -0.1) is 0 Å². The van der Waals surface area contributed by atoms with E-state index in [4.69, 9.17) is 9.84 Å². The van der Waals surface area contributed by atoms with Gasteiger partial charge in [0.25, 0.3) is 0 Å². The number of carboxylic acids is 1. The van der Waals surface area contributed by atoms with Gasteiger partial charge in [0.2, 0.25) is 0 Å². The first-order chi connectivity index (χ1) is 10.5. The van der Waals surface area contributed by atoms with Crippen molar-refractivity contribution in [1.82, 2.24) is 0 Å². The van der Waals surface area contributed by atoms with Gasteiger partial charge in [-0.2, -0.15) is 0 Å². The number of hydrogen-bond donors (Lipinski definition) is 2. The summed E-state index contributed by atoms with van der Waals surface area (Å²) in [6, 6.07) is 11.2. The zero-order valence-electron chi connectivity index (χ0n) is 11.8. The van der Waals surface area contributed by atoms with Crippen molar-refractivity contribution >= 4 is 23.7 Å². The Kier molecular flexibility index (Phi) is 5.06. The van der Waals surface area contributed by atoms with Crippen LogP contribution in [-0.2, 0) is 4.74 Å². The molecule has 0 amide bonds. The highest BCUT2D eigenvalue weighted by Crippen LogP contribution is 2.31. The number of carbonyl (C=O) groups excluding carboxylic acids is 1. The van der Waals surface area contributed by atoms with E-state index in [0.717, 1.165) is 4.90 Å². The molecule has 0 fully saturated rings. The van der Waals surface area contributed by atoms with Crippen LogP contribution in [0.5, 0.6) is 5.75 Å². The number of ether oxygens (including phenoxy) is 1. The Labute approximate surface area is 131 Å². The van der Waals surface area contributed by atoms with E-state index in [1.54, 1.807) is 37.3 Å². The van der Waals surface area contributed by atoms with Gasteiger partial charge in [0.15, 0.2) is 0 Å². The summed E-state index contributed by atoms with van der Waals surface area (Å²) in [4.78, 5) is 23.9. The van der Waals surface area contributed by atoms with Crippen LogP contribution in [0, 0.1) is 0 Å². The lowest BCUT2D eigenvalue weighted by Crippen LogP contribution is -2.03. The monoisotopic (exact) mass is 318 g/mol. The van der Waals surface area contributed by atoms with Crippen LogP contribution in [0.1, 0.15) is 27.6 Å². The van der Waals surface area contributed by atoms with Crippen LogP contribution in [0.2, 0.25) is 0 Å². The van der Waals surface area contributed by atoms with Crippen molar-refractivity contribution in [2.75, 3.05) is 6.61 Å². The normalized spacial score (nSPS) is 10.2. The molecule has 0 bridgehead atoms. The molecule has 2 rings (SSSR count). The van der Waals surface area contributed by atoms with Crippen molar-refractivity contribution < 1.29 is 24.5 Å². The Balaban J connectivity index is 2.12. The molecular weight excluding hydrogens is 304 g/mol. The third-order valence-electron chi connectivity index (χ3n) is 2.80. The molecule has 0 atom stereocenters. The Morgan fingerprint density at radius 3 is 2.27 bits per heavy atom. The summed E-state index contributed by atoms with van der Waals surface area (Å²) in [6.45, 7) is 2.07. The van der Waals surface area contributed by atoms with E-state index in [0.29, 0.717) is 17.1 Å². The number of aromatic carboxylic acids is 1. The van der Waals surface area contributed by atoms with Crippen molar-refractivity contribution in [2.45, 2.75) is 16.7 Å². The van der Waals surface area contributed by atoms with Gasteiger partial charge in [0.05, 0.1) is 12.2 Å². The topological polar surface area (TPSA) is 83.8 Å². The lowest BCUT2D eigenvalue weighted by atomic mass is 10.2. The zero-order chi connectivity index (χ0) is 16.1. The van der Waals surface area contributed by atoms with E-state index in [1.807, 2.05) is 0 Å². The Bertz CT molecular complexity index is 694. The summed E-state index contributed by atoms with van der Waals surface area (Å²) in [5, 5.41) is 18.5. The van der Waals surface area contributed by atoms with Crippen molar-refractivity contribution in [3.05, 3.63) is 53.6 Å². The van der Waals surface area contributed by atoms with Crippen LogP contribution < -0.4 is 0 Å². The first-order valence-corrected chi connectivity index (χ1v) is 7.34. The predicted molar refractivity (Wildman–Crippen MR) is 81.6 cm³/mol. The molecule has 0 unspecified atom stereocenters. The van der Waals surface area contributed by atoms with E-state index >= 15 is 0 Å². The molecule has 114 valence electrons. The van der Waals surface area contributed by atoms with Gasteiger partial charge in [-0.1, -0.05) is 11.8 Å². The van der Waals surface area contributed by atoms with Crippen LogP contribution in [0.4, 0.5) is 0 Å². The number of hydrogen-bond acceptors (Lipinski definition) is 5. The largest absolute Gasteiger partial charge is 0.507 e. The van der Waals surface area contributed by atoms with E-state index in [1.165, 1.54) is 23.9 Å². The number of rotatable bonds is 5. The van der Waals surface area contributed by atoms with Crippen LogP contribution >= 0.6 is 11.8 Å². The SMILES string of the molecule is CCOC(=O)c1ccc(Sc2ccc(C(=O)O)c(O)c2)cc1. The maximum Gasteiger partial charge on any atom is 0.339 e. The van der Waals surface area contributed by atoms with Gasteiger partial charge in [0.1, 0.15) is 11.3 Å². The molecule has 0 aliphatic heterocycles. The smallest absolute Gasteiger partial charge is 0.339 e. The maximum absolute atomic E-state index is 11.5. The van der Waals surface area contributed by atoms with Gasteiger partial charge >= 0.3 is 11.9 Å². The fourth-order valence-corrected chi connectivity index (χ4v) is 2.62. The molecule has 0 heterocycles. The molecule has 5 nitrogen and oxygen atoms in total. The summed E-state index contributed by atoms with van der Waals surface area (Å²) in [6.07, 6.45) is 0. The van der Waals surface area contributed by atoms with Crippen LogP contribution in [0.25, 0.3) is 0 Å². The van der Waals surface area contributed by atoms with Crippen molar-refractivity contribution in [1.29, 1.82) is 0 Å². The number of phenols is 1. The van der Waals surface area contributed by atoms with Gasteiger partial charge in [-0.3, -0.25) is 0 Å². The third kappa shape index (κ3) is 3.79. The van der Waals surface area contributed by atoms with Crippen LogP contribution in [0.15, 0.2) is 52.3 Å². The standard InChI is InChI=1S/C16H14O5S/c1-2-21-16(20)10-3-5-11(6-4-10)22-12-7-8-13(15(18)19)14(17)9-12/h3-9,17H,2H2,1H3,(H,18,19). The second-order valence-corrected chi connectivity index (χ2v) is 5.48. The molecule has 2 N–H and O–H groups in total. The summed E-state index contributed by atoms with van der Waals surface area (Å²) >= 11 is 1.35. The summed E-state index contributed by atoms with van der Waals surface area (Å²) in [7, 11) is 0. The zero-order valence-corrected chi connectivity index (χ0v) is 12.6. The highest BCUT2D eigenvalue weighted by molar-refractivity contribution is 7.99. The average molecular weight is 318 g/mol. The predicted octanol–water partition coefficient (Wildman–Crippen LogP) is 3.42. The Morgan fingerprint density at radius 1 is 1.09 bits per heavy atom. The molecule has 0 aromatic heterocycles. The van der Waals surface area contributed by atoms with Gasteiger partial charge in [-0.25, -0.2) is 9.59 Å². The number of carbonyl (C=O) groups is 2. The summed E-state index contributed by atoms with van der Waals surface area (Å²) in [5.41, 5.74) is 0.331. The molecule has 2 aromatic rings. The average Bonchev–Trinajstić information content (AvgIpc) is 2.48. The lowest BCUT2D eigenvalue weighted by Gasteiger charge is -2.06. The Morgan fingerprint density at radius 2 is 1.73 bits per heavy atom. The maximum atomic E-state index is 11.5. The number of esters is 1. The van der Waals surface area contributed by atoms with Crippen molar-refractivity contribution in [3.8, 4) is 5.75 Å². The van der Waals surface area contributed by atoms with E-state index in [-0.39, 0.29) is 17.3 Å². The molecule has 0 aliphatic carbocycles.